The second-order valence-electron chi connectivity index (χ2n) is 6.09. The molecule has 1 aromatic carbocycles. The number of ether oxygens (including phenoxy) is 2. The Morgan fingerprint density at radius 3 is 2.92 bits per heavy atom. The van der Waals surface area contributed by atoms with Crippen molar-refractivity contribution in [2.24, 2.45) is 0 Å². The van der Waals surface area contributed by atoms with Gasteiger partial charge in [0.25, 0.3) is 0 Å². The summed E-state index contributed by atoms with van der Waals surface area (Å²) in [6, 6.07) is 5.78. The number of carbonyl (C=O) groups is 1. The van der Waals surface area contributed by atoms with E-state index in [0.717, 1.165) is 34.4 Å². The molecule has 0 unspecified atom stereocenters. The Kier molecular flexibility index (Phi) is 5.12. The first kappa shape index (κ1) is 16.7. The Bertz CT molecular complexity index is 752. The molecule has 0 saturated carbocycles. The molecule has 0 spiro atoms. The molecule has 2 aliphatic rings. The normalized spacial score (nSPS) is 16.0. The first-order valence-corrected chi connectivity index (χ1v) is 10.4. The SMILES string of the molecule is O=C(CSc1ccc2c(c1)OCCO2)Nc1nc2c(s1)CCCCC2. The molecule has 1 aliphatic heterocycles. The molecule has 2 heterocycles. The summed E-state index contributed by atoms with van der Waals surface area (Å²) < 4.78 is 11.1. The van der Waals surface area contributed by atoms with Crippen molar-refractivity contribution in [3.05, 3.63) is 28.8 Å². The molecule has 1 aromatic heterocycles. The van der Waals surface area contributed by atoms with Crippen molar-refractivity contribution in [3.63, 3.8) is 0 Å². The lowest BCUT2D eigenvalue weighted by Gasteiger charge is -2.18. The molecule has 7 heteroatoms. The van der Waals surface area contributed by atoms with Gasteiger partial charge >= 0.3 is 0 Å². The summed E-state index contributed by atoms with van der Waals surface area (Å²) in [6.45, 7) is 1.15. The summed E-state index contributed by atoms with van der Waals surface area (Å²) in [5.74, 6) is 1.85. The number of nitrogens with one attached hydrogen (secondary N) is 1. The molecular formula is C18H20N2O3S2. The number of anilines is 1. The number of aryl methyl sites for hydroxylation is 2. The summed E-state index contributed by atoms with van der Waals surface area (Å²) in [5, 5.41) is 3.68. The van der Waals surface area contributed by atoms with Gasteiger partial charge in [-0.25, -0.2) is 4.98 Å². The third-order valence-corrected chi connectivity index (χ3v) is 6.29. The second kappa shape index (κ2) is 7.66. The number of amides is 1. The Morgan fingerprint density at radius 2 is 2.00 bits per heavy atom. The third-order valence-electron chi connectivity index (χ3n) is 4.23. The second-order valence-corrected chi connectivity index (χ2v) is 8.22. The maximum atomic E-state index is 12.2. The molecular weight excluding hydrogens is 356 g/mol. The molecule has 2 aromatic rings. The molecule has 25 heavy (non-hydrogen) atoms. The van der Waals surface area contributed by atoms with Crippen molar-refractivity contribution in [1.29, 1.82) is 0 Å². The summed E-state index contributed by atoms with van der Waals surface area (Å²) in [4.78, 5) is 19.2. The predicted octanol–water partition coefficient (Wildman–Crippen LogP) is 3.91. The average molecular weight is 377 g/mol. The largest absolute Gasteiger partial charge is 0.486 e. The fourth-order valence-corrected chi connectivity index (χ4v) is 4.79. The quantitative estimate of drug-likeness (QED) is 0.647. The summed E-state index contributed by atoms with van der Waals surface area (Å²) in [6.07, 6.45) is 5.83. The van der Waals surface area contributed by atoms with Crippen LogP contribution in [-0.4, -0.2) is 29.9 Å². The molecule has 132 valence electrons. The minimum atomic E-state index is -0.0243. The van der Waals surface area contributed by atoms with Gasteiger partial charge < -0.3 is 14.8 Å². The third kappa shape index (κ3) is 4.10. The molecule has 0 bridgehead atoms. The van der Waals surface area contributed by atoms with Gasteiger partial charge in [0.05, 0.1) is 11.4 Å². The van der Waals surface area contributed by atoms with Crippen LogP contribution in [0.1, 0.15) is 29.8 Å². The van der Waals surface area contributed by atoms with Gasteiger partial charge in [-0.3, -0.25) is 4.79 Å². The van der Waals surface area contributed by atoms with E-state index in [1.54, 1.807) is 11.3 Å². The van der Waals surface area contributed by atoms with E-state index < -0.39 is 0 Å². The van der Waals surface area contributed by atoms with Crippen molar-refractivity contribution in [2.45, 2.75) is 37.0 Å². The molecule has 0 saturated heterocycles. The predicted molar refractivity (Wildman–Crippen MR) is 100 cm³/mol. The van der Waals surface area contributed by atoms with Gasteiger partial charge in [-0.05, 0) is 43.9 Å². The highest BCUT2D eigenvalue weighted by atomic mass is 32.2. The number of carbonyl (C=O) groups excluding carboxylic acids is 1. The van der Waals surface area contributed by atoms with E-state index in [0.29, 0.717) is 19.0 Å². The number of nitrogens with zero attached hydrogens (tertiary/aromatic N) is 1. The van der Waals surface area contributed by atoms with Crippen LogP contribution >= 0.6 is 23.1 Å². The highest BCUT2D eigenvalue weighted by Gasteiger charge is 2.16. The van der Waals surface area contributed by atoms with E-state index in [1.165, 1.54) is 41.6 Å². The Balaban J connectivity index is 1.33. The number of rotatable bonds is 4. The lowest BCUT2D eigenvalue weighted by molar-refractivity contribution is -0.113. The summed E-state index contributed by atoms with van der Waals surface area (Å²) >= 11 is 3.12. The number of thioether (sulfide) groups is 1. The van der Waals surface area contributed by atoms with E-state index in [-0.39, 0.29) is 5.91 Å². The number of aromatic nitrogens is 1. The maximum absolute atomic E-state index is 12.2. The zero-order valence-electron chi connectivity index (χ0n) is 13.9. The van der Waals surface area contributed by atoms with Crippen LogP contribution in [0.3, 0.4) is 0 Å². The molecule has 0 atom stereocenters. The molecule has 1 N–H and O–H groups in total. The zero-order chi connectivity index (χ0) is 17.1. The van der Waals surface area contributed by atoms with Crippen molar-refractivity contribution < 1.29 is 14.3 Å². The van der Waals surface area contributed by atoms with Crippen LogP contribution in [0.15, 0.2) is 23.1 Å². The molecule has 0 fully saturated rings. The molecule has 1 aliphatic carbocycles. The maximum Gasteiger partial charge on any atom is 0.236 e. The Morgan fingerprint density at radius 1 is 1.16 bits per heavy atom. The van der Waals surface area contributed by atoms with Crippen LogP contribution < -0.4 is 14.8 Å². The van der Waals surface area contributed by atoms with Crippen LogP contribution in [0.2, 0.25) is 0 Å². The van der Waals surface area contributed by atoms with Crippen LogP contribution in [0.4, 0.5) is 5.13 Å². The van der Waals surface area contributed by atoms with Crippen LogP contribution in [0, 0.1) is 0 Å². The fraction of sp³-hybridized carbons (Fsp3) is 0.444. The van der Waals surface area contributed by atoms with Gasteiger partial charge in [-0.1, -0.05) is 6.42 Å². The average Bonchev–Trinajstić information content (AvgIpc) is 2.88. The smallest absolute Gasteiger partial charge is 0.236 e. The van der Waals surface area contributed by atoms with Crippen LogP contribution in [-0.2, 0) is 17.6 Å². The van der Waals surface area contributed by atoms with Gasteiger partial charge in [0.1, 0.15) is 13.2 Å². The van der Waals surface area contributed by atoms with E-state index in [9.17, 15) is 4.79 Å². The van der Waals surface area contributed by atoms with Gasteiger partial charge in [0, 0.05) is 9.77 Å². The number of hydrogen-bond donors (Lipinski definition) is 1. The van der Waals surface area contributed by atoms with E-state index >= 15 is 0 Å². The minimum Gasteiger partial charge on any atom is -0.486 e. The van der Waals surface area contributed by atoms with Gasteiger partial charge in [-0.2, -0.15) is 0 Å². The van der Waals surface area contributed by atoms with Crippen LogP contribution in [0.25, 0.3) is 0 Å². The van der Waals surface area contributed by atoms with Crippen molar-refractivity contribution in [1.82, 2.24) is 4.98 Å². The number of hydrogen-bond acceptors (Lipinski definition) is 6. The lowest BCUT2D eigenvalue weighted by Crippen LogP contribution is -2.15. The number of fused-ring (bicyclic) bond motifs is 2. The standard InChI is InChI=1S/C18H20N2O3S2/c21-17(20-18-19-13-4-2-1-3-5-16(13)25-18)11-24-12-6-7-14-15(10-12)23-9-8-22-14/h6-7,10H,1-5,8-9,11H2,(H,19,20,21). The van der Waals surface area contributed by atoms with Gasteiger partial charge in [0.2, 0.25) is 5.91 Å². The van der Waals surface area contributed by atoms with Crippen molar-refractivity contribution in [2.75, 3.05) is 24.3 Å². The zero-order valence-corrected chi connectivity index (χ0v) is 15.5. The minimum absolute atomic E-state index is 0.0243. The van der Waals surface area contributed by atoms with E-state index in [4.69, 9.17) is 9.47 Å². The Labute approximate surface area is 155 Å². The lowest BCUT2D eigenvalue weighted by atomic mass is 10.2. The van der Waals surface area contributed by atoms with E-state index in [2.05, 4.69) is 10.3 Å². The highest BCUT2D eigenvalue weighted by molar-refractivity contribution is 8.00. The fourth-order valence-electron chi connectivity index (χ4n) is 3.00. The van der Waals surface area contributed by atoms with E-state index in [1.807, 2.05) is 18.2 Å². The monoisotopic (exact) mass is 376 g/mol. The molecule has 0 radical (unpaired) electrons. The highest BCUT2D eigenvalue weighted by Crippen LogP contribution is 2.34. The topological polar surface area (TPSA) is 60.5 Å². The van der Waals surface area contributed by atoms with Crippen LogP contribution in [0.5, 0.6) is 11.5 Å². The van der Waals surface area contributed by atoms with Crippen molar-refractivity contribution >= 4 is 34.1 Å². The molecule has 1 amide bonds. The molecule has 4 rings (SSSR count). The summed E-state index contributed by atoms with van der Waals surface area (Å²) in [5.41, 5.74) is 1.18. The number of thiazole rings is 1. The van der Waals surface area contributed by atoms with Gasteiger partial charge in [-0.15, -0.1) is 23.1 Å². The first-order chi connectivity index (χ1) is 12.3. The molecule has 5 nitrogen and oxygen atoms in total. The number of benzene rings is 1. The van der Waals surface area contributed by atoms with Crippen molar-refractivity contribution in [3.8, 4) is 11.5 Å². The summed E-state index contributed by atoms with van der Waals surface area (Å²) in [7, 11) is 0. The first-order valence-electron chi connectivity index (χ1n) is 8.59. The Hall–Kier alpha value is -1.73. The van der Waals surface area contributed by atoms with Gasteiger partial charge in [0.15, 0.2) is 16.6 Å².